The van der Waals surface area contributed by atoms with Crippen molar-refractivity contribution in [1.29, 1.82) is 0 Å². The third-order valence-corrected chi connectivity index (χ3v) is 4.56. The van der Waals surface area contributed by atoms with Crippen LogP contribution in [0.3, 0.4) is 0 Å². The summed E-state index contributed by atoms with van der Waals surface area (Å²) in [5, 5.41) is 3.76. The van der Waals surface area contributed by atoms with Gasteiger partial charge in [0.1, 0.15) is 0 Å². The molecule has 0 saturated carbocycles. The molecular formula is C18H36N2O. The SMILES string of the molecule is CCCCCCCC(C)NC1CCN(C(=O)C(C)C)CC1. The van der Waals surface area contributed by atoms with Gasteiger partial charge >= 0.3 is 0 Å². The number of likely N-dealkylation sites (tertiary alicyclic amines) is 1. The summed E-state index contributed by atoms with van der Waals surface area (Å²) in [5.41, 5.74) is 0. The molecule has 1 rings (SSSR count). The molecule has 0 radical (unpaired) electrons. The van der Waals surface area contributed by atoms with Gasteiger partial charge in [-0.1, -0.05) is 52.9 Å². The smallest absolute Gasteiger partial charge is 0.225 e. The van der Waals surface area contributed by atoms with E-state index in [1.807, 2.05) is 18.7 Å². The fraction of sp³-hybridized carbons (Fsp3) is 0.944. The van der Waals surface area contributed by atoms with E-state index in [4.69, 9.17) is 0 Å². The number of carbonyl (C=O) groups excluding carboxylic acids is 1. The second-order valence-electron chi connectivity index (χ2n) is 7.02. The summed E-state index contributed by atoms with van der Waals surface area (Å²) in [6, 6.07) is 1.22. The first-order chi connectivity index (χ1) is 10.0. The average molecular weight is 296 g/mol. The minimum Gasteiger partial charge on any atom is -0.342 e. The molecule has 1 unspecified atom stereocenters. The van der Waals surface area contributed by atoms with Crippen LogP contribution in [0.25, 0.3) is 0 Å². The quantitative estimate of drug-likeness (QED) is 0.653. The molecule has 1 aliphatic rings. The zero-order chi connectivity index (χ0) is 15.7. The zero-order valence-corrected chi connectivity index (χ0v) is 14.7. The molecule has 21 heavy (non-hydrogen) atoms. The second kappa shape index (κ2) is 10.2. The summed E-state index contributed by atoms with van der Waals surface area (Å²) < 4.78 is 0. The Morgan fingerprint density at radius 1 is 1.10 bits per heavy atom. The Balaban J connectivity index is 2.13. The van der Waals surface area contributed by atoms with Crippen molar-refractivity contribution in [3.05, 3.63) is 0 Å². The van der Waals surface area contributed by atoms with E-state index in [1.54, 1.807) is 0 Å². The van der Waals surface area contributed by atoms with E-state index in [0.717, 1.165) is 25.9 Å². The monoisotopic (exact) mass is 296 g/mol. The van der Waals surface area contributed by atoms with Crippen LogP contribution in [0.5, 0.6) is 0 Å². The van der Waals surface area contributed by atoms with Gasteiger partial charge in [-0.25, -0.2) is 0 Å². The first kappa shape index (κ1) is 18.5. The maximum absolute atomic E-state index is 12.0. The topological polar surface area (TPSA) is 32.3 Å². The Hall–Kier alpha value is -0.570. The van der Waals surface area contributed by atoms with E-state index in [2.05, 4.69) is 19.2 Å². The van der Waals surface area contributed by atoms with Gasteiger partial charge in [0.2, 0.25) is 5.91 Å². The van der Waals surface area contributed by atoms with Gasteiger partial charge in [0.05, 0.1) is 0 Å². The largest absolute Gasteiger partial charge is 0.342 e. The Kier molecular flexibility index (Phi) is 8.98. The number of amides is 1. The van der Waals surface area contributed by atoms with Crippen molar-refractivity contribution in [2.45, 2.75) is 91.1 Å². The highest BCUT2D eigenvalue weighted by molar-refractivity contribution is 5.78. The molecule has 1 atom stereocenters. The van der Waals surface area contributed by atoms with Crippen molar-refractivity contribution < 1.29 is 4.79 Å². The number of piperidine rings is 1. The number of rotatable bonds is 9. The Morgan fingerprint density at radius 2 is 1.71 bits per heavy atom. The lowest BCUT2D eigenvalue weighted by Crippen LogP contribution is -2.48. The lowest BCUT2D eigenvalue weighted by molar-refractivity contribution is -0.135. The van der Waals surface area contributed by atoms with Gasteiger partial charge in [0.15, 0.2) is 0 Å². The predicted octanol–water partition coefficient (Wildman–Crippen LogP) is 3.97. The maximum Gasteiger partial charge on any atom is 0.225 e. The number of nitrogens with zero attached hydrogens (tertiary/aromatic N) is 1. The van der Waals surface area contributed by atoms with Gasteiger partial charge in [0, 0.05) is 31.1 Å². The summed E-state index contributed by atoms with van der Waals surface area (Å²) in [5.74, 6) is 0.453. The number of nitrogens with one attached hydrogen (secondary N) is 1. The first-order valence-corrected chi connectivity index (χ1v) is 9.09. The van der Waals surface area contributed by atoms with Crippen LogP contribution in [-0.2, 0) is 4.79 Å². The molecule has 1 fully saturated rings. The van der Waals surface area contributed by atoms with E-state index in [1.165, 1.54) is 38.5 Å². The third kappa shape index (κ3) is 7.30. The van der Waals surface area contributed by atoms with Crippen LogP contribution in [0.1, 0.15) is 79.1 Å². The van der Waals surface area contributed by atoms with E-state index in [0.29, 0.717) is 18.0 Å². The molecule has 0 aromatic rings. The fourth-order valence-electron chi connectivity index (χ4n) is 3.17. The third-order valence-electron chi connectivity index (χ3n) is 4.56. The van der Waals surface area contributed by atoms with Crippen molar-refractivity contribution in [2.75, 3.05) is 13.1 Å². The minimum atomic E-state index is 0.136. The van der Waals surface area contributed by atoms with Crippen molar-refractivity contribution in [3.8, 4) is 0 Å². The Morgan fingerprint density at radius 3 is 2.29 bits per heavy atom. The highest BCUT2D eigenvalue weighted by Crippen LogP contribution is 2.15. The highest BCUT2D eigenvalue weighted by Gasteiger charge is 2.24. The van der Waals surface area contributed by atoms with Crippen LogP contribution in [-0.4, -0.2) is 36.0 Å². The molecule has 3 nitrogen and oxygen atoms in total. The number of carbonyl (C=O) groups is 1. The van der Waals surface area contributed by atoms with Gasteiger partial charge < -0.3 is 10.2 Å². The molecule has 0 spiro atoms. The van der Waals surface area contributed by atoms with Gasteiger partial charge in [-0.3, -0.25) is 4.79 Å². The van der Waals surface area contributed by atoms with Gasteiger partial charge in [-0.15, -0.1) is 0 Å². The van der Waals surface area contributed by atoms with Crippen LogP contribution < -0.4 is 5.32 Å². The number of hydrogen-bond donors (Lipinski definition) is 1. The molecule has 0 aliphatic carbocycles. The van der Waals surface area contributed by atoms with Crippen molar-refractivity contribution in [3.63, 3.8) is 0 Å². The van der Waals surface area contributed by atoms with Crippen LogP contribution in [0, 0.1) is 5.92 Å². The molecule has 1 N–H and O–H groups in total. The Labute approximate surface area is 131 Å². The molecule has 0 aromatic carbocycles. The molecule has 1 heterocycles. The molecule has 3 heteroatoms. The summed E-state index contributed by atoms with van der Waals surface area (Å²) in [6.45, 7) is 10.4. The van der Waals surface area contributed by atoms with E-state index in [-0.39, 0.29) is 5.92 Å². The first-order valence-electron chi connectivity index (χ1n) is 9.09. The summed E-state index contributed by atoms with van der Waals surface area (Å²) >= 11 is 0. The van der Waals surface area contributed by atoms with Crippen LogP contribution in [0.4, 0.5) is 0 Å². The lowest BCUT2D eigenvalue weighted by atomic mass is 10.0. The highest BCUT2D eigenvalue weighted by atomic mass is 16.2. The fourth-order valence-corrected chi connectivity index (χ4v) is 3.17. The van der Waals surface area contributed by atoms with Gasteiger partial charge in [0.25, 0.3) is 0 Å². The van der Waals surface area contributed by atoms with Crippen molar-refractivity contribution in [1.82, 2.24) is 10.2 Å². The van der Waals surface area contributed by atoms with Crippen molar-refractivity contribution in [2.24, 2.45) is 5.92 Å². The van der Waals surface area contributed by atoms with Crippen molar-refractivity contribution >= 4 is 5.91 Å². The minimum absolute atomic E-state index is 0.136. The second-order valence-corrected chi connectivity index (χ2v) is 7.02. The zero-order valence-electron chi connectivity index (χ0n) is 14.7. The average Bonchev–Trinajstić information content (AvgIpc) is 2.47. The number of hydrogen-bond acceptors (Lipinski definition) is 2. The summed E-state index contributed by atoms with van der Waals surface area (Å²) in [6.07, 6.45) is 10.3. The molecule has 0 bridgehead atoms. The summed E-state index contributed by atoms with van der Waals surface area (Å²) in [4.78, 5) is 14.0. The molecule has 124 valence electrons. The van der Waals surface area contributed by atoms with Crippen LogP contribution in [0.2, 0.25) is 0 Å². The van der Waals surface area contributed by atoms with E-state index >= 15 is 0 Å². The predicted molar refractivity (Wildman–Crippen MR) is 90.4 cm³/mol. The standard InChI is InChI=1S/C18H36N2O/c1-5-6-7-8-9-10-16(4)19-17-11-13-20(14-12-17)18(21)15(2)3/h15-17,19H,5-14H2,1-4H3. The van der Waals surface area contributed by atoms with E-state index in [9.17, 15) is 4.79 Å². The normalized spacial score (nSPS) is 18.2. The summed E-state index contributed by atoms with van der Waals surface area (Å²) in [7, 11) is 0. The van der Waals surface area contributed by atoms with E-state index < -0.39 is 0 Å². The maximum atomic E-state index is 12.0. The molecule has 0 aromatic heterocycles. The van der Waals surface area contributed by atoms with Crippen LogP contribution >= 0.6 is 0 Å². The Bertz CT molecular complexity index is 283. The molecule has 1 amide bonds. The van der Waals surface area contributed by atoms with Gasteiger partial charge in [-0.05, 0) is 26.2 Å². The molecule has 1 aliphatic heterocycles. The number of unbranched alkanes of at least 4 members (excludes halogenated alkanes) is 4. The molecular weight excluding hydrogens is 260 g/mol. The van der Waals surface area contributed by atoms with Gasteiger partial charge in [-0.2, -0.15) is 0 Å². The van der Waals surface area contributed by atoms with Crippen LogP contribution in [0.15, 0.2) is 0 Å². The lowest BCUT2D eigenvalue weighted by Gasteiger charge is -2.35. The molecule has 1 saturated heterocycles.